The van der Waals surface area contributed by atoms with Crippen LogP contribution in [-0.4, -0.2) is 25.3 Å². The molecular weight excluding hydrogens is 362 g/mol. The van der Waals surface area contributed by atoms with E-state index < -0.39 is 0 Å². The third-order valence-electron chi connectivity index (χ3n) is 3.91. The van der Waals surface area contributed by atoms with Crippen molar-refractivity contribution in [2.75, 3.05) is 18.5 Å². The van der Waals surface area contributed by atoms with E-state index in [0.717, 1.165) is 27.8 Å². The van der Waals surface area contributed by atoms with Crippen LogP contribution in [0.5, 0.6) is 5.75 Å². The maximum atomic E-state index is 12.0. The fraction of sp³-hybridized carbons (Fsp3) is 0.143. The van der Waals surface area contributed by atoms with Crippen LogP contribution in [-0.2, 0) is 4.79 Å². The summed E-state index contributed by atoms with van der Waals surface area (Å²) in [4.78, 5) is 12.0. The standard InChI is InChI=1S/C21H20ClN3O2/c1-2-27-20-12-7-15-5-3-4-6-18(15)19(20)13-24-25-21(26)14-23-17-10-8-16(22)9-11-17/h3-13,23H,2,14H2,1H3,(H,25,26)/b24-13-. The smallest absolute Gasteiger partial charge is 0.259 e. The molecule has 0 aliphatic rings. The summed E-state index contributed by atoms with van der Waals surface area (Å²) in [6.45, 7) is 2.59. The summed E-state index contributed by atoms with van der Waals surface area (Å²) in [5.41, 5.74) is 4.18. The fourth-order valence-electron chi connectivity index (χ4n) is 2.65. The minimum Gasteiger partial charge on any atom is -0.493 e. The molecule has 0 bridgehead atoms. The maximum Gasteiger partial charge on any atom is 0.259 e. The summed E-state index contributed by atoms with van der Waals surface area (Å²) >= 11 is 5.84. The summed E-state index contributed by atoms with van der Waals surface area (Å²) in [7, 11) is 0. The second kappa shape index (κ2) is 9.05. The van der Waals surface area contributed by atoms with E-state index in [1.165, 1.54) is 0 Å². The third-order valence-corrected chi connectivity index (χ3v) is 4.16. The number of hydrazone groups is 1. The molecule has 0 aromatic heterocycles. The minimum atomic E-state index is -0.251. The molecule has 0 aliphatic carbocycles. The highest BCUT2D eigenvalue weighted by atomic mass is 35.5. The van der Waals surface area contributed by atoms with Gasteiger partial charge in [0.1, 0.15) is 5.75 Å². The molecular formula is C21H20ClN3O2. The molecule has 27 heavy (non-hydrogen) atoms. The molecule has 0 aliphatic heterocycles. The molecule has 0 saturated heterocycles. The number of fused-ring (bicyclic) bond motifs is 1. The van der Waals surface area contributed by atoms with Gasteiger partial charge in [0.2, 0.25) is 0 Å². The van der Waals surface area contributed by atoms with Crippen molar-refractivity contribution in [3.8, 4) is 5.75 Å². The lowest BCUT2D eigenvalue weighted by Gasteiger charge is -2.10. The average Bonchev–Trinajstić information content (AvgIpc) is 2.69. The Morgan fingerprint density at radius 3 is 2.67 bits per heavy atom. The van der Waals surface area contributed by atoms with Crippen LogP contribution in [0, 0.1) is 0 Å². The molecule has 0 spiro atoms. The van der Waals surface area contributed by atoms with E-state index in [1.54, 1.807) is 18.3 Å². The number of hydrogen-bond acceptors (Lipinski definition) is 4. The summed E-state index contributed by atoms with van der Waals surface area (Å²) in [6.07, 6.45) is 1.62. The van der Waals surface area contributed by atoms with E-state index in [9.17, 15) is 4.79 Å². The molecule has 3 rings (SSSR count). The van der Waals surface area contributed by atoms with Gasteiger partial charge in [-0.1, -0.05) is 41.9 Å². The van der Waals surface area contributed by atoms with E-state index >= 15 is 0 Å². The number of nitrogens with one attached hydrogen (secondary N) is 2. The summed E-state index contributed by atoms with van der Waals surface area (Å²) in [5, 5.41) is 9.85. The molecule has 0 heterocycles. The van der Waals surface area contributed by atoms with Gasteiger partial charge in [-0.2, -0.15) is 5.10 Å². The maximum absolute atomic E-state index is 12.0. The number of rotatable bonds is 7. The van der Waals surface area contributed by atoms with Crippen LogP contribution in [0.15, 0.2) is 65.8 Å². The van der Waals surface area contributed by atoms with Gasteiger partial charge in [-0.3, -0.25) is 4.79 Å². The van der Waals surface area contributed by atoms with Gasteiger partial charge in [0.25, 0.3) is 5.91 Å². The van der Waals surface area contributed by atoms with Gasteiger partial charge in [0, 0.05) is 16.3 Å². The van der Waals surface area contributed by atoms with Crippen molar-refractivity contribution in [2.45, 2.75) is 6.92 Å². The van der Waals surface area contributed by atoms with E-state index in [-0.39, 0.29) is 12.5 Å². The molecule has 3 aromatic rings. The molecule has 3 aromatic carbocycles. The number of nitrogens with zero attached hydrogens (tertiary/aromatic N) is 1. The Morgan fingerprint density at radius 1 is 1.11 bits per heavy atom. The van der Waals surface area contributed by atoms with Gasteiger partial charge in [0.15, 0.2) is 0 Å². The summed E-state index contributed by atoms with van der Waals surface area (Å²) < 4.78 is 5.69. The van der Waals surface area contributed by atoms with Crippen molar-refractivity contribution in [2.24, 2.45) is 5.10 Å². The monoisotopic (exact) mass is 381 g/mol. The third kappa shape index (κ3) is 4.99. The summed E-state index contributed by atoms with van der Waals surface area (Å²) in [5.74, 6) is 0.480. The first kappa shape index (κ1) is 18.7. The molecule has 5 nitrogen and oxygen atoms in total. The Balaban J connectivity index is 1.67. The fourth-order valence-corrected chi connectivity index (χ4v) is 2.77. The zero-order valence-corrected chi connectivity index (χ0v) is 15.7. The molecule has 2 N–H and O–H groups in total. The molecule has 0 saturated carbocycles. The molecule has 138 valence electrons. The van der Waals surface area contributed by atoms with Gasteiger partial charge >= 0.3 is 0 Å². The number of ether oxygens (including phenoxy) is 1. The second-order valence-electron chi connectivity index (χ2n) is 5.79. The Hall–Kier alpha value is -3.05. The van der Waals surface area contributed by atoms with E-state index in [0.29, 0.717) is 11.6 Å². The van der Waals surface area contributed by atoms with E-state index in [4.69, 9.17) is 16.3 Å². The first-order chi connectivity index (χ1) is 13.2. The summed E-state index contributed by atoms with van der Waals surface area (Å²) in [6, 6.07) is 19.0. The number of benzene rings is 3. The van der Waals surface area contributed by atoms with Crippen molar-refractivity contribution in [3.63, 3.8) is 0 Å². The number of anilines is 1. The van der Waals surface area contributed by atoms with Gasteiger partial charge in [-0.05, 0) is 48.0 Å². The molecule has 0 fully saturated rings. The van der Waals surface area contributed by atoms with Gasteiger partial charge in [-0.25, -0.2) is 5.43 Å². The second-order valence-corrected chi connectivity index (χ2v) is 6.22. The normalized spacial score (nSPS) is 10.9. The molecule has 0 radical (unpaired) electrons. The van der Waals surface area contributed by atoms with Gasteiger partial charge in [-0.15, -0.1) is 0 Å². The van der Waals surface area contributed by atoms with Crippen LogP contribution in [0.1, 0.15) is 12.5 Å². The Bertz CT molecular complexity index is 955. The number of halogens is 1. The molecule has 6 heteroatoms. The SMILES string of the molecule is CCOc1ccc2ccccc2c1/C=N\NC(=O)CNc1ccc(Cl)cc1. The molecule has 1 amide bonds. The van der Waals surface area contributed by atoms with E-state index in [2.05, 4.69) is 15.8 Å². The first-order valence-corrected chi connectivity index (χ1v) is 9.01. The van der Waals surface area contributed by atoms with E-state index in [1.807, 2.05) is 55.5 Å². The first-order valence-electron chi connectivity index (χ1n) is 8.63. The number of hydrogen-bond donors (Lipinski definition) is 2. The van der Waals surface area contributed by atoms with Gasteiger partial charge in [0.05, 0.1) is 19.4 Å². The predicted octanol–water partition coefficient (Wildman–Crippen LogP) is 4.45. The van der Waals surface area contributed by atoms with Crippen molar-refractivity contribution >= 4 is 40.2 Å². The quantitative estimate of drug-likeness (QED) is 0.469. The van der Waals surface area contributed by atoms with Crippen molar-refractivity contribution < 1.29 is 9.53 Å². The Labute approximate surface area is 163 Å². The Morgan fingerprint density at radius 2 is 1.89 bits per heavy atom. The highest BCUT2D eigenvalue weighted by Gasteiger charge is 2.07. The van der Waals surface area contributed by atoms with Crippen LogP contribution in [0.4, 0.5) is 5.69 Å². The van der Waals surface area contributed by atoms with Crippen LogP contribution < -0.4 is 15.5 Å². The van der Waals surface area contributed by atoms with Crippen LogP contribution in [0.3, 0.4) is 0 Å². The number of carbonyl (C=O) groups excluding carboxylic acids is 1. The zero-order chi connectivity index (χ0) is 19.1. The van der Waals surface area contributed by atoms with Crippen LogP contribution >= 0.6 is 11.6 Å². The van der Waals surface area contributed by atoms with Crippen LogP contribution in [0.25, 0.3) is 10.8 Å². The molecule has 0 unspecified atom stereocenters. The van der Waals surface area contributed by atoms with Crippen molar-refractivity contribution in [3.05, 3.63) is 71.2 Å². The number of amides is 1. The van der Waals surface area contributed by atoms with Crippen molar-refractivity contribution in [1.82, 2.24) is 5.43 Å². The average molecular weight is 382 g/mol. The minimum absolute atomic E-state index is 0.104. The highest BCUT2D eigenvalue weighted by molar-refractivity contribution is 6.30. The lowest BCUT2D eigenvalue weighted by atomic mass is 10.0. The highest BCUT2D eigenvalue weighted by Crippen LogP contribution is 2.26. The van der Waals surface area contributed by atoms with Gasteiger partial charge < -0.3 is 10.1 Å². The number of carbonyl (C=O) groups is 1. The topological polar surface area (TPSA) is 62.7 Å². The van der Waals surface area contributed by atoms with Crippen molar-refractivity contribution in [1.29, 1.82) is 0 Å². The lowest BCUT2D eigenvalue weighted by Crippen LogP contribution is -2.25. The predicted molar refractivity (Wildman–Crippen MR) is 111 cm³/mol. The Kier molecular flexibility index (Phi) is 6.28. The molecule has 0 atom stereocenters. The lowest BCUT2D eigenvalue weighted by molar-refractivity contribution is -0.119. The zero-order valence-electron chi connectivity index (χ0n) is 14.9. The largest absolute Gasteiger partial charge is 0.493 e. The van der Waals surface area contributed by atoms with Crippen LogP contribution in [0.2, 0.25) is 5.02 Å².